The van der Waals surface area contributed by atoms with Gasteiger partial charge in [-0.2, -0.15) is 0 Å². The average Bonchev–Trinajstić information content (AvgIpc) is 3.19. The van der Waals surface area contributed by atoms with Gasteiger partial charge < -0.3 is 20.1 Å². The molecular formula is C21H22N4O3S2. The van der Waals surface area contributed by atoms with E-state index in [2.05, 4.69) is 20.8 Å². The molecule has 2 aromatic carbocycles. The fourth-order valence-electron chi connectivity index (χ4n) is 2.99. The van der Waals surface area contributed by atoms with Crippen LogP contribution in [0.25, 0.3) is 0 Å². The Labute approximate surface area is 183 Å². The van der Waals surface area contributed by atoms with Crippen LogP contribution >= 0.6 is 23.1 Å². The summed E-state index contributed by atoms with van der Waals surface area (Å²) in [7, 11) is 0. The molecule has 2 N–H and O–H groups in total. The van der Waals surface area contributed by atoms with Gasteiger partial charge in [-0.25, -0.2) is 0 Å². The summed E-state index contributed by atoms with van der Waals surface area (Å²) in [6.45, 7) is 5.08. The second-order valence-electron chi connectivity index (χ2n) is 6.85. The maximum atomic E-state index is 12.4. The number of aromatic nitrogens is 2. The highest BCUT2D eigenvalue weighted by atomic mass is 32.2. The van der Waals surface area contributed by atoms with E-state index in [9.17, 15) is 4.79 Å². The van der Waals surface area contributed by atoms with E-state index in [-0.39, 0.29) is 17.7 Å². The molecule has 0 fully saturated rings. The molecule has 1 atom stereocenters. The van der Waals surface area contributed by atoms with Gasteiger partial charge in [-0.05, 0) is 49.2 Å². The second kappa shape index (κ2) is 9.36. The van der Waals surface area contributed by atoms with Gasteiger partial charge in [0.2, 0.25) is 11.0 Å². The van der Waals surface area contributed by atoms with Gasteiger partial charge in [-0.1, -0.05) is 41.3 Å². The van der Waals surface area contributed by atoms with E-state index in [1.54, 1.807) is 0 Å². The summed E-state index contributed by atoms with van der Waals surface area (Å²) >= 11 is 2.80. The number of aryl methyl sites for hydroxylation is 1. The summed E-state index contributed by atoms with van der Waals surface area (Å²) in [6, 6.07) is 13.7. The molecule has 0 aliphatic carbocycles. The molecule has 0 unspecified atom stereocenters. The van der Waals surface area contributed by atoms with Crippen molar-refractivity contribution in [2.45, 2.75) is 24.2 Å². The molecular weight excluding hydrogens is 420 g/mol. The third-order valence-corrected chi connectivity index (χ3v) is 6.42. The van der Waals surface area contributed by atoms with Crippen molar-refractivity contribution in [2.24, 2.45) is 0 Å². The molecule has 4 rings (SSSR count). The number of amides is 1. The minimum absolute atomic E-state index is 0.0641. The molecule has 0 spiro atoms. The van der Waals surface area contributed by atoms with Gasteiger partial charge in [0, 0.05) is 5.69 Å². The lowest BCUT2D eigenvalue weighted by molar-refractivity contribution is -0.119. The Morgan fingerprint density at radius 2 is 2.00 bits per heavy atom. The van der Waals surface area contributed by atoms with E-state index >= 15 is 0 Å². The summed E-state index contributed by atoms with van der Waals surface area (Å²) in [5.41, 5.74) is 3.11. The third-order valence-electron chi connectivity index (χ3n) is 4.45. The Balaban J connectivity index is 1.28. The Bertz CT molecular complexity index is 1040. The van der Waals surface area contributed by atoms with Crippen LogP contribution in [0.5, 0.6) is 11.5 Å². The number of thioether (sulfide) groups is 1. The Morgan fingerprint density at radius 1 is 1.17 bits per heavy atom. The number of ether oxygens (including phenoxy) is 2. The number of hydrogen-bond acceptors (Lipinski definition) is 8. The smallest absolute Gasteiger partial charge is 0.230 e. The Morgan fingerprint density at radius 3 is 2.83 bits per heavy atom. The highest BCUT2D eigenvalue weighted by molar-refractivity contribution is 8.01. The maximum absolute atomic E-state index is 12.4. The molecule has 0 saturated carbocycles. The predicted molar refractivity (Wildman–Crippen MR) is 119 cm³/mol. The normalized spacial score (nSPS) is 13.5. The maximum Gasteiger partial charge on any atom is 0.230 e. The number of carbonyl (C=O) groups is 1. The van der Waals surface area contributed by atoms with Crippen molar-refractivity contribution in [3.8, 4) is 11.5 Å². The van der Waals surface area contributed by atoms with Gasteiger partial charge in [-0.3, -0.25) is 4.79 Å². The molecule has 0 saturated heterocycles. The van der Waals surface area contributed by atoms with E-state index < -0.39 is 0 Å². The highest BCUT2D eigenvalue weighted by Crippen LogP contribution is 2.33. The van der Waals surface area contributed by atoms with Crippen molar-refractivity contribution >= 4 is 39.8 Å². The predicted octanol–water partition coefficient (Wildman–Crippen LogP) is 4.33. The zero-order valence-corrected chi connectivity index (χ0v) is 18.3. The van der Waals surface area contributed by atoms with Crippen LogP contribution in [0.3, 0.4) is 0 Å². The van der Waals surface area contributed by atoms with Crippen LogP contribution in [0.4, 0.5) is 10.8 Å². The number of hydrogen-bond donors (Lipinski definition) is 2. The summed E-state index contributed by atoms with van der Waals surface area (Å²) < 4.78 is 11.9. The van der Waals surface area contributed by atoms with Crippen LogP contribution in [0.15, 0.2) is 46.8 Å². The number of carbonyl (C=O) groups excluding carboxylic acids is 1. The molecule has 1 aliphatic rings. The molecule has 2 heterocycles. The SMILES string of the molecule is Cc1cccc(Nc2nnc(SCC(=O)N[C@H](C)c3ccc4c(c3)OCCO4)s2)c1. The quantitative estimate of drug-likeness (QED) is 0.527. The number of benzene rings is 2. The van der Waals surface area contributed by atoms with Crippen molar-refractivity contribution in [3.63, 3.8) is 0 Å². The second-order valence-corrected chi connectivity index (χ2v) is 9.05. The van der Waals surface area contributed by atoms with Gasteiger partial charge in [0.05, 0.1) is 11.8 Å². The highest BCUT2D eigenvalue weighted by Gasteiger charge is 2.16. The first kappa shape index (κ1) is 20.5. The molecule has 9 heteroatoms. The fourth-order valence-corrected chi connectivity index (χ4v) is 4.57. The first-order chi connectivity index (χ1) is 14.6. The van der Waals surface area contributed by atoms with Gasteiger partial charge in [0.1, 0.15) is 13.2 Å². The van der Waals surface area contributed by atoms with Crippen LogP contribution in [-0.2, 0) is 4.79 Å². The number of anilines is 2. The van der Waals surface area contributed by atoms with E-state index in [1.165, 1.54) is 28.7 Å². The van der Waals surface area contributed by atoms with Gasteiger partial charge in [-0.15, -0.1) is 10.2 Å². The lowest BCUT2D eigenvalue weighted by atomic mass is 10.1. The molecule has 3 aromatic rings. The van der Waals surface area contributed by atoms with E-state index in [0.717, 1.165) is 27.1 Å². The van der Waals surface area contributed by atoms with Crippen molar-refractivity contribution in [3.05, 3.63) is 53.6 Å². The lowest BCUT2D eigenvalue weighted by Crippen LogP contribution is -2.28. The van der Waals surface area contributed by atoms with Crippen LogP contribution in [0.2, 0.25) is 0 Å². The van der Waals surface area contributed by atoms with Crippen LogP contribution < -0.4 is 20.1 Å². The molecule has 1 aliphatic heterocycles. The number of fused-ring (bicyclic) bond motifs is 1. The van der Waals surface area contributed by atoms with Crippen molar-refractivity contribution in [1.82, 2.24) is 15.5 Å². The third kappa shape index (κ3) is 5.22. The Hall–Kier alpha value is -2.78. The summed E-state index contributed by atoms with van der Waals surface area (Å²) in [5, 5.41) is 15.3. The molecule has 0 radical (unpaired) electrons. The topological polar surface area (TPSA) is 85.4 Å². The van der Waals surface area contributed by atoms with Crippen molar-refractivity contribution in [1.29, 1.82) is 0 Å². The molecule has 30 heavy (non-hydrogen) atoms. The lowest BCUT2D eigenvalue weighted by Gasteiger charge is -2.21. The first-order valence-electron chi connectivity index (χ1n) is 9.56. The molecule has 1 amide bonds. The molecule has 0 bridgehead atoms. The summed E-state index contributed by atoms with van der Waals surface area (Å²) in [4.78, 5) is 12.4. The number of nitrogens with zero attached hydrogens (tertiary/aromatic N) is 2. The van der Waals surface area contributed by atoms with E-state index in [4.69, 9.17) is 9.47 Å². The number of rotatable bonds is 7. The largest absolute Gasteiger partial charge is 0.486 e. The number of nitrogens with one attached hydrogen (secondary N) is 2. The van der Waals surface area contributed by atoms with Crippen molar-refractivity contribution < 1.29 is 14.3 Å². The van der Waals surface area contributed by atoms with Gasteiger partial charge in [0.25, 0.3) is 0 Å². The zero-order valence-electron chi connectivity index (χ0n) is 16.7. The van der Waals surface area contributed by atoms with Crippen LogP contribution in [0, 0.1) is 6.92 Å². The van der Waals surface area contributed by atoms with Gasteiger partial charge in [0.15, 0.2) is 15.8 Å². The minimum Gasteiger partial charge on any atom is -0.486 e. The first-order valence-corrected chi connectivity index (χ1v) is 11.4. The van der Waals surface area contributed by atoms with Crippen molar-refractivity contribution in [2.75, 3.05) is 24.3 Å². The molecule has 7 nitrogen and oxygen atoms in total. The average molecular weight is 443 g/mol. The summed E-state index contributed by atoms with van der Waals surface area (Å²) in [6.07, 6.45) is 0. The van der Waals surface area contributed by atoms with Crippen LogP contribution in [0.1, 0.15) is 24.1 Å². The monoisotopic (exact) mass is 442 g/mol. The molecule has 156 valence electrons. The van der Waals surface area contributed by atoms with E-state index in [1.807, 2.05) is 56.3 Å². The van der Waals surface area contributed by atoms with E-state index in [0.29, 0.717) is 18.3 Å². The standard InChI is InChI=1S/C21H22N4O3S2/c1-13-4-3-5-16(10-13)23-20-24-25-21(30-20)29-12-19(26)22-14(2)15-6-7-17-18(11-15)28-9-8-27-17/h3-7,10-11,14H,8-9,12H2,1-2H3,(H,22,26)(H,23,24)/t14-/m1/s1. The Kier molecular flexibility index (Phi) is 6.39. The van der Waals surface area contributed by atoms with Crippen LogP contribution in [-0.4, -0.2) is 35.1 Å². The summed E-state index contributed by atoms with van der Waals surface area (Å²) in [5.74, 6) is 1.67. The molecule has 1 aromatic heterocycles. The minimum atomic E-state index is -0.137. The van der Waals surface area contributed by atoms with Gasteiger partial charge >= 0.3 is 0 Å². The fraction of sp³-hybridized carbons (Fsp3) is 0.286. The zero-order chi connectivity index (χ0) is 20.9.